The van der Waals surface area contributed by atoms with Gasteiger partial charge in [-0.1, -0.05) is 102 Å². The van der Waals surface area contributed by atoms with E-state index in [1.165, 1.54) is 71.9 Å². The highest BCUT2D eigenvalue weighted by molar-refractivity contribution is 7.18. The lowest BCUT2D eigenvalue weighted by molar-refractivity contribution is 0.463. The third-order valence-electron chi connectivity index (χ3n) is 11.2. The number of fused-ring (bicyclic) bond motifs is 6. The predicted molar refractivity (Wildman–Crippen MR) is 306 cm³/mol. The van der Waals surface area contributed by atoms with Crippen LogP contribution in [0.2, 0.25) is 0 Å². The van der Waals surface area contributed by atoms with Gasteiger partial charge in [-0.05, 0) is 156 Å². The lowest BCUT2D eigenvalue weighted by Gasteiger charge is -2.01. The second kappa shape index (κ2) is 28.9. The lowest BCUT2D eigenvalue weighted by Crippen LogP contribution is -1.87. The van der Waals surface area contributed by atoms with E-state index in [4.69, 9.17) is 0 Å². The van der Waals surface area contributed by atoms with E-state index in [0.717, 1.165) is 44.0 Å². The first-order valence-corrected chi connectivity index (χ1v) is 24.5. The minimum absolute atomic E-state index is 0.500. The van der Waals surface area contributed by atoms with E-state index in [1.54, 1.807) is 11.3 Å². The van der Waals surface area contributed by atoms with Gasteiger partial charge in [0.1, 0.15) is 0 Å². The Hall–Kier alpha value is -7.56. The van der Waals surface area contributed by atoms with Crippen molar-refractivity contribution < 1.29 is 8.68 Å². The van der Waals surface area contributed by atoms with Crippen molar-refractivity contribution in [3.8, 4) is 0 Å². The first-order valence-electron chi connectivity index (χ1n) is 23.3. The first kappa shape index (κ1) is 55.4. The maximum atomic E-state index is 9.50. The molecule has 0 amide bonds. The molecule has 0 N–H and O–H groups in total. The van der Waals surface area contributed by atoms with Crippen LogP contribution >= 0.6 is 23.2 Å². The van der Waals surface area contributed by atoms with Crippen LogP contribution in [-0.2, 0) is 4.29 Å². The van der Waals surface area contributed by atoms with Gasteiger partial charge in [0.25, 0.3) is 0 Å². The highest BCUT2D eigenvalue weighted by Crippen LogP contribution is 2.21. The monoisotopic (exact) mass is 992 g/mol. The Bertz CT molecular complexity index is 3300. The summed E-state index contributed by atoms with van der Waals surface area (Å²) in [6.07, 6.45) is 7.35. The van der Waals surface area contributed by atoms with E-state index in [1.807, 2.05) is 130 Å². The van der Waals surface area contributed by atoms with Gasteiger partial charge in [0.2, 0.25) is 0 Å². The Morgan fingerprint density at radius 3 is 1.36 bits per heavy atom. The Morgan fingerprint density at radius 1 is 0.417 bits per heavy atom. The number of hydrogen-bond donors (Lipinski definition) is 0. The van der Waals surface area contributed by atoms with E-state index >= 15 is 0 Å². The molecular weight excluding hydrogens is 931 g/mol. The summed E-state index contributed by atoms with van der Waals surface area (Å²) in [5.41, 5.74) is 14.0. The summed E-state index contributed by atoms with van der Waals surface area (Å²) in [4.78, 5) is 25.8. The largest absolute Gasteiger partial charge is 0.283 e. The predicted octanol–water partition coefficient (Wildman–Crippen LogP) is 17.3. The molecule has 0 radical (unpaired) electrons. The smallest absolute Gasteiger partial charge is 0.0907 e. The average molecular weight is 994 g/mol. The van der Waals surface area contributed by atoms with Crippen LogP contribution in [0.15, 0.2) is 195 Å². The van der Waals surface area contributed by atoms with E-state index in [9.17, 15) is 4.39 Å². The molecule has 0 spiro atoms. The summed E-state index contributed by atoms with van der Waals surface area (Å²) in [5, 5.41) is 8.53. The molecule has 0 aliphatic carbocycles. The van der Waals surface area contributed by atoms with Crippen LogP contribution in [0.3, 0.4) is 0 Å². The number of para-hydroxylation sites is 3. The first-order chi connectivity index (χ1) is 34.9. The van der Waals surface area contributed by atoms with Crippen molar-refractivity contribution in [3.63, 3.8) is 0 Å². The molecule has 72 heavy (non-hydrogen) atoms. The average Bonchev–Trinajstić information content (AvgIpc) is 3.79. The number of halogens is 2. The van der Waals surface area contributed by atoms with Gasteiger partial charge >= 0.3 is 0 Å². The molecule has 0 saturated carbocycles. The highest BCUT2D eigenvalue weighted by Gasteiger charge is 1.99. The van der Waals surface area contributed by atoms with E-state index < -0.39 is 0 Å². The van der Waals surface area contributed by atoms with Gasteiger partial charge in [0, 0.05) is 63.1 Å². The van der Waals surface area contributed by atoms with Crippen LogP contribution in [0, 0.1) is 55.4 Å². The summed E-state index contributed by atoms with van der Waals surface area (Å²) in [7, 11) is 1.89. The van der Waals surface area contributed by atoms with Gasteiger partial charge in [-0.25, -0.2) is 4.98 Å². The molecule has 7 nitrogen and oxygen atoms in total. The van der Waals surface area contributed by atoms with Gasteiger partial charge in [0.15, 0.2) is 0 Å². The van der Waals surface area contributed by atoms with Gasteiger partial charge in [-0.3, -0.25) is 33.6 Å². The minimum Gasteiger partial charge on any atom is -0.283 e. The molecule has 0 saturated heterocycles. The van der Waals surface area contributed by atoms with Crippen LogP contribution < -0.4 is 0 Å². The molecule has 6 aromatic carbocycles. The molecule has 366 valence electrons. The van der Waals surface area contributed by atoms with Crippen LogP contribution in [-0.4, -0.2) is 44.2 Å². The van der Waals surface area contributed by atoms with Gasteiger partial charge in [-0.2, -0.15) is 0 Å². The summed E-state index contributed by atoms with van der Waals surface area (Å²) < 4.78 is 14.5. The standard InChI is InChI=1S/2C11H11N.3C10H9N.C8H7NS.CH3ClO.CH3F/c2*1-8-7-10-5-3-4-6-11(10)12-9(8)2;2*1-8-4-5-10-9(7-8)3-2-6-11-10;1-8-3-2-4-9-7-11-6-5-10(8)9;1-6-9-7-4-2-3-5-8(7)10-6;1-3-2;1-2/h2*3-7H,1-2H3;3*2-7H,1H3;2-5H,1H3;1H3;1H3. The fourth-order valence-electron chi connectivity index (χ4n) is 7.30. The Balaban J connectivity index is 0.000000158. The van der Waals surface area contributed by atoms with Gasteiger partial charge in [0.05, 0.1) is 63.4 Å². The third kappa shape index (κ3) is 16.8. The normalized spacial score (nSPS) is 10.0. The number of benzene rings is 6. The molecule has 0 fully saturated rings. The molecule has 0 aliphatic rings. The molecule has 0 bridgehead atoms. The number of thiazole rings is 1. The van der Waals surface area contributed by atoms with Crippen molar-refractivity contribution >= 4 is 87.8 Å². The molecule has 0 atom stereocenters. The number of hydrogen-bond acceptors (Lipinski definition) is 8. The number of nitrogens with zero attached hydrogens (tertiary/aromatic N) is 6. The van der Waals surface area contributed by atoms with E-state index in [2.05, 4.69) is 166 Å². The second-order valence-electron chi connectivity index (χ2n) is 16.6. The zero-order valence-corrected chi connectivity index (χ0v) is 44.3. The third-order valence-corrected chi connectivity index (χ3v) is 12.1. The highest BCUT2D eigenvalue weighted by atomic mass is 35.5. The number of aromatic nitrogens is 6. The van der Waals surface area contributed by atoms with Gasteiger partial charge < -0.3 is 0 Å². The van der Waals surface area contributed by atoms with Crippen molar-refractivity contribution in [2.75, 3.05) is 14.3 Å². The molecule has 0 unspecified atom stereocenters. The molecule has 6 heterocycles. The van der Waals surface area contributed by atoms with Crippen molar-refractivity contribution in [1.82, 2.24) is 29.9 Å². The number of rotatable bonds is 0. The summed E-state index contributed by atoms with van der Waals surface area (Å²) in [6.45, 7) is 16.6. The summed E-state index contributed by atoms with van der Waals surface area (Å²) in [5.74, 6) is 0. The van der Waals surface area contributed by atoms with Crippen LogP contribution in [0.4, 0.5) is 4.39 Å². The topological polar surface area (TPSA) is 86.6 Å². The van der Waals surface area contributed by atoms with Crippen LogP contribution in [0.1, 0.15) is 44.2 Å². The number of alkyl halides is 1. The zero-order valence-electron chi connectivity index (χ0n) is 42.7. The maximum Gasteiger partial charge on any atom is 0.0907 e. The van der Waals surface area contributed by atoms with E-state index in [0.29, 0.717) is 7.18 Å². The van der Waals surface area contributed by atoms with Crippen molar-refractivity contribution in [3.05, 3.63) is 239 Å². The maximum absolute atomic E-state index is 9.50. The Morgan fingerprint density at radius 2 is 0.861 bits per heavy atom. The molecule has 0 aliphatic heterocycles. The number of aryl methyl sites for hydroxylation is 8. The van der Waals surface area contributed by atoms with Crippen molar-refractivity contribution in [1.29, 1.82) is 0 Å². The SMILES string of the molecule is CF.COCl.Cc1cc2ccccc2nc1C.Cc1cc2ccccc2nc1C.Cc1ccc2ncccc2c1.Cc1ccc2ncccc2c1.Cc1cccc2cnccc12.Cc1nc2ccccc2s1. The molecule has 12 rings (SSSR count). The van der Waals surface area contributed by atoms with Crippen molar-refractivity contribution in [2.24, 2.45) is 0 Å². The minimum atomic E-state index is 0.500. The van der Waals surface area contributed by atoms with Crippen molar-refractivity contribution in [2.45, 2.75) is 55.4 Å². The molecular formula is C62H62ClFN6OS. The fraction of sp³-hybridized carbons (Fsp3) is 0.161. The quantitative estimate of drug-likeness (QED) is 0.150. The molecule has 12 aromatic rings. The molecule has 6 aromatic heterocycles. The van der Waals surface area contributed by atoms with E-state index in [-0.39, 0.29) is 0 Å². The lowest BCUT2D eigenvalue weighted by atomic mass is 10.1. The zero-order chi connectivity index (χ0) is 51.8. The van der Waals surface area contributed by atoms with Crippen LogP contribution in [0.25, 0.3) is 64.6 Å². The Kier molecular flexibility index (Phi) is 22.3. The summed E-state index contributed by atoms with van der Waals surface area (Å²) >= 11 is 6.24. The number of pyridine rings is 5. The Labute approximate surface area is 432 Å². The van der Waals surface area contributed by atoms with Crippen LogP contribution in [0.5, 0.6) is 0 Å². The fourth-order valence-corrected chi connectivity index (χ4v) is 8.13. The second-order valence-corrected chi connectivity index (χ2v) is 18.1. The summed E-state index contributed by atoms with van der Waals surface area (Å²) in [6, 6.07) is 57.8. The molecule has 10 heteroatoms. The van der Waals surface area contributed by atoms with Gasteiger partial charge in [-0.15, -0.1) is 11.3 Å².